The van der Waals surface area contributed by atoms with Crippen LogP contribution < -0.4 is 4.72 Å². The number of anilines is 1. The number of likely N-dealkylation sites (tertiary alicyclic amines) is 1. The van der Waals surface area contributed by atoms with Crippen LogP contribution in [0.3, 0.4) is 0 Å². The summed E-state index contributed by atoms with van der Waals surface area (Å²) in [7, 11) is -1.97. The van der Waals surface area contributed by atoms with Crippen molar-refractivity contribution in [1.82, 2.24) is 14.5 Å². The van der Waals surface area contributed by atoms with Gasteiger partial charge < -0.3 is 9.47 Å². The van der Waals surface area contributed by atoms with Gasteiger partial charge >= 0.3 is 0 Å². The molecule has 3 heterocycles. The van der Waals surface area contributed by atoms with Crippen molar-refractivity contribution in [2.75, 3.05) is 17.8 Å². The lowest BCUT2D eigenvalue weighted by atomic mass is 10.1. The predicted octanol–water partition coefficient (Wildman–Crippen LogP) is 4.42. The van der Waals surface area contributed by atoms with Gasteiger partial charge in [0.2, 0.25) is 0 Å². The number of sulfonamides is 1. The second-order valence-corrected chi connectivity index (χ2v) is 11.0. The first-order valence-electron chi connectivity index (χ1n) is 10.6. The fraction of sp³-hybridized carbons (Fsp3) is 0.391. The van der Waals surface area contributed by atoms with Crippen molar-refractivity contribution in [3.05, 3.63) is 51.7 Å². The van der Waals surface area contributed by atoms with Gasteiger partial charge in [-0.05, 0) is 69.9 Å². The smallest absolute Gasteiger partial charge is 0.265 e. The number of rotatable bonds is 5. The van der Waals surface area contributed by atoms with Crippen LogP contribution >= 0.6 is 11.3 Å². The Hall–Kier alpha value is -2.65. The Morgan fingerprint density at radius 3 is 2.41 bits per heavy atom. The number of thiazole rings is 1. The van der Waals surface area contributed by atoms with Crippen LogP contribution in [-0.2, 0) is 17.1 Å². The summed E-state index contributed by atoms with van der Waals surface area (Å²) in [6.07, 6.45) is 2.06. The van der Waals surface area contributed by atoms with Crippen LogP contribution in [0, 0.1) is 27.7 Å². The lowest BCUT2D eigenvalue weighted by Gasteiger charge is -2.13. The maximum atomic E-state index is 13.2. The molecule has 1 aliphatic heterocycles. The normalized spacial score (nSPS) is 14.2. The number of carbonyl (C=O) groups excluding carboxylic acids is 1. The van der Waals surface area contributed by atoms with E-state index < -0.39 is 10.0 Å². The molecule has 4 rings (SSSR count). The topological polar surface area (TPSA) is 84.3 Å². The minimum atomic E-state index is -3.79. The highest BCUT2D eigenvalue weighted by Crippen LogP contribution is 2.34. The Morgan fingerprint density at radius 1 is 1.06 bits per heavy atom. The SMILES string of the molecule is Cc1ccc(NS(=O)(=O)c2cc(-c3nc(C)c(C(=O)N4CCCC4)s3)n(C)c2C)cc1C. The molecule has 0 spiro atoms. The van der Waals surface area contributed by atoms with Crippen LogP contribution in [0.5, 0.6) is 0 Å². The number of hydrogen-bond donors (Lipinski definition) is 1. The number of benzene rings is 1. The van der Waals surface area contributed by atoms with Crippen molar-refractivity contribution in [2.45, 2.75) is 45.4 Å². The molecule has 32 heavy (non-hydrogen) atoms. The highest BCUT2D eigenvalue weighted by molar-refractivity contribution is 7.92. The number of aryl methyl sites for hydroxylation is 3. The van der Waals surface area contributed by atoms with E-state index in [4.69, 9.17) is 0 Å². The molecule has 0 aliphatic carbocycles. The van der Waals surface area contributed by atoms with Crippen LogP contribution in [-0.4, -0.2) is 41.9 Å². The molecule has 7 nitrogen and oxygen atoms in total. The Bertz CT molecular complexity index is 1300. The molecule has 0 atom stereocenters. The Balaban J connectivity index is 1.67. The van der Waals surface area contributed by atoms with Gasteiger partial charge in [-0.15, -0.1) is 11.3 Å². The maximum Gasteiger partial charge on any atom is 0.265 e. The average molecular weight is 473 g/mol. The van der Waals surface area contributed by atoms with Gasteiger partial charge in [-0.2, -0.15) is 0 Å². The molecule has 0 radical (unpaired) electrons. The molecule has 9 heteroatoms. The maximum absolute atomic E-state index is 13.2. The monoisotopic (exact) mass is 472 g/mol. The molecule has 0 bridgehead atoms. The Kier molecular flexibility index (Phi) is 5.89. The van der Waals surface area contributed by atoms with Crippen molar-refractivity contribution < 1.29 is 13.2 Å². The minimum Gasteiger partial charge on any atom is -0.345 e. The second kappa shape index (κ2) is 8.37. The third kappa shape index (κ3) is 4.06. The van der Waals surface area contributed by atoms with Crippen LogP contribution in [0.25, 0.3) is 10.7 Å². The highest BCUT2D eigenvalue weighted by atomic mass is 32.2. The summed E-state index contributed by atoms with van der Waals surface area (Å²) in [6.45, 7) is 9.10. The zero-order valence-corrected chi connectivity index (χ0v) is 20.7. The van der Waals surface area contributed by atoms with Crippen LogP contribution in [0.1, 0.15) is 45.0 Å². The largest absolute Gasteiger partial charge is 0.345 e. The predicted molar refractivity (Wildman–Crippen MR) is 128 cm³/mol. The van der Waals surface area contributed by atoms with Crippen molar-refractivity contribution in [2.24, 2.45) is 7.05 Å². The highest BCUT2D eigenvalue weighted by Gasteiger charge is 2.27. The molecule has 1 saturated heterocycles. The molecule has 1 aromatic carbocycles. The fourth-order valence-electron chi connectivity index (χ4n) is 3.93. The molecule has 1 N–H and O–H groups in total. The van der Waals surface area contributed by atoms with Crippen molar-refractivity contribution in [1.29, 1.82) is 0 Å². The zero-order chi connectivity index (χ0) is 23.2. The second-order valence-electron chi connectivity index (χ2n) is 8.38. The van der Waals surface area contributed by atoms with E-state index in [-0.39, 0.29) is 10.8 Å². The van der Waals surface area contributed by atoms with E-state index in [2.05, 4.69) is 9.71 Å². The number of carbonyl (C=O) groups is 1. The first kappa shape index (κ1) is 22.5. The summed E-state index contributed by atoms with van der Waals surface area (Å²) in [5.74, 6) is 0.0129. The number of amides is 1. The summed E-state index contributed by atoms with van der Waals surface area (Å²) in [5, 5.41) is 0.642. The van der Waals surface area contributed by atoms with E-state index in [1.54, 1.807) is 19.1 Å². The average Bonchev–Trinajstić information content (AvgIpc) is 3.45. The van der Waals surface area contributed by atoms with E-state index in [9.17, 15) is 13.2 Å². The Morgan fingerprint density at radius 2 is 1.75 bits per heavy atom. The zero-order valence-electron chi connectivity index (χ0n) is 19.0. The van der Waals surface area contributed by atoms with Gasteiger partial charge in [-0.25, -0.2) is 13.4 Å². The number of hydrogen-bond acceptors (Lipinski definition) is 5. The van der Waals surface area contributed by atoms with Crippen LogP contribution in [0.2, 0.25) is 0 Å². The summed E-state index contributed by atoms with van der Waals surface area (Å²) in [6, 6.07) is 7.13. The van der Waals surface area contributed by atoms with Crippen molar-refractivity contribution in [3.8, 4) is 10.7 Å². The molecule has 3 aromatic rings. The Labute approximate surface area is 193 Å². The molecule has 2 aromatic heterocycles. The molecular formula is C23H28N4O3S2. The van der Waals surface area contributed by atoms with Crippen LogP contribution in [0.4, 0.5) is 5.69 Å². The van der Waals surface area contributed by atoms with Gasteiger partial charge in [0.15, 0.2) is 0 Å². The van der Waals surface area contributed by atoms with E-state index in [0.29, 0.717) is 32.7 Å². The molecule has 1 amide bonds. The van der Waals surface area contributed by atoms with E-state index in [0.717, 1.165) is 37.1 Å². The first-order valence-corrected chi connectivity index (χ1v) is 12.9. The quantitative estimate of drug-likeness (QED) is 0.596. The molecule has 0 unspecified atom stereocenters. The standard InChI is InChI=1S/C23H28N4O3S2/c1-14-8-9-18(12-15(14)2)25-32(29,30)20-13-19(26(5)17(20)4)22-24-16(3)21(31-22)23(28)27-10-6-7-11-27/h8-9,12-13,25H,6-7,10-11H2,1-5H3. The summed E-state index contributed by atoms with van der Waals surface area (Å²) < 4.78 is 30.8. The van der Waals surface area contributed by atoms with E-state index in [1.165, 1.54) is 11.3 Å². The number of nitrogens with zero attached hydrogens (tertiary/aromatic N) is 3. The molecule has 1 fully saturated rings. The van der Waals surface area contributed by atoms with Gasteiger partial charge in [0, 0.05) is 31.5 Å². The minimum absolute atomic E-state index is 0.0129. The molecule has 170 valence electrons. The summed E-state index contributed by atoms with van der Waals surface area (Å²) >= 11 is 1.32. The third-order valence-electron chi connectivity index (χ3n) is 6.14. The van der Waals surface area contributed by atoms with Gasteiger partial charge in [0.1, 0.15) is 14.8 Å². The molecule has 0 saturated carbocycles. The number of nitrogens with one attached hydrogen (secondary N) is 1. The first-order chi connectivity index (χ1) is 15.1. The van der Waals surface area contributed by atoms with Gasteiger partial charge in [-0.3, -0.25) is 9.52 Å². The number of aromatic nitrogens is 2. The summed E-state index contributed by atoms with van der Waals surface area (Å²) in [4.78, 5) is 20.2. The fourth-order valence-corrected chi connectivity index (χ4v) is 6.36. The van der Waals surface area contributed by atoms with Crippen molar-refractivity contribution in [3.63, 3.8) is 0 Å². The molecule has 1 aliphatic rings. The van der Waals surface area contributed by atoms with Gasteiger partial charge in [0.25, 0.3) is 15.9 Å². The van der Waals surface area contributed by atoms with Crippen molar-refractivity contribution >= 4 is 33.0 Å². The lowest BCUT2D eigenvalue weighted by molar-refractivity contribution is 0.0796. The van der Waals surface area contributed by atoms with Gasteiger partial charge in [0.05, 0.1) is 11.4 Å². The van der Waals surface area contributed by atoms with E-state index in [1.807, 2.05) is 49.4 Å². The lowest BCUT2D eigenvalue weighted by Crippen LogP contribution is -2.27. The van der Waals surface area contributed by atoms with Gasteiger partial charge in [-0.1, -0.05) is 6.07 Å². The van der Waals surface area contributed by atoms with E-state index >= 15 is 0 Å². The van der Waals surface area contributed by atoms with Crippen LogP contribution in [0.15, 0.2) is 29.2 Å². The molecular weight excluding hydrogens is 444 g/mol. The summed E-state index contributed by atoms with van der Waals surface area (Å²) in [5.41, 5.74) is 4.61. The third-order valence-corrected chi connectivity index (χ3v) is 8.81.